The van der Waals surface area contributed by atoms with Crippen LogP contribution in [0.3, 0.4) is 0 Å². The minimum Gasteiger partial charge on any atom is -0.493 e. The molecular formula is C18H22N2O2. The number of hydrogen-bond acceptors (Lipinski definition) is 3. The molecule has 2 aromatic rings. The molecule has 0 fully saturated rings. The molecule has 0 atom stereocenters. The van der Waals surface area contributed by atoms with E-state index >= 15 is 0 Å². The lowest BCUT2D eigenvalue weighted by Crippen LogP contribution is -2.15. The Morgan fingerprint density at radius 3 is 2.73 bits per heavy atom. The Balaban J connectivity index is 2.17. The summed E-state index contributed by atoms with van der Waals surface area (Å²) in [7, 11) is 0. The molecule has 0 aliphatic heterocycles. The minimum absolute atomic E-state index is 0.194. The molecule has 22 heavy (non-hydrogen) atoms. The first-order valence-corrected chi connectivity index (χ1v) is 7.51. The molecule has 4 nitrogen and oxygen atoms in total. The van der Waals surface area contributed by atoms with Gasteiger partial charge < -0.3 is 15.8 Å². The maximum atomic E-state index is 12.5. The summed E-state index contributed by atoms with van der Waals surface area (Å²) in [5.74, 6) is 0.413. The topological polar surface area (TPSA) is 64.3 Å². The van der Waals surface area contributed by atoms with Crippen LogP contribution in [0.25, 0.3) is 0 Å². The SMILES string of the molecule is CCCCOc1ccccc1C(=O)Nc1cccc(N)c1C. The Morgan fingerprint density at radius 2 is 1.95 bits per heavy atom. The van der Waals surface area contributed by atoms with Crippen LogP contribution in [0.4, 0.5) is 11.4 Å². The fraction of sp³-hybridized carbons (Fsp3) is 0.278. The zero-order chi connectivity index (χ0) is 15.9. The molecule has 2 aromatic carbocycles. The number of benzene rings is 2. The van der Waals surface area contributed by atoms with Crippen molar-refractivity contribution in [2.45, 2.75) is 26.7 Å². The van der Waals surface area contributed by atoms with Crippen molar-refractivity contribution in [2.75, 3.05) is 17.7 Å². The van der Waals surface area contributed by atoms with Crippen molar-refractivity contribution >= 4 is 17.3 Å². The number of para-hydroxylation sites is 1. The summed E-state index contributed by atoms with van der Waals surface area (Å²) in [6.45, 7) is 4.59. The number of carbonyl (C=O) groups excluding carboxylic acids is 1. The average Bonchev–Trinajstić information content (AvgIpc) is 2.52. The average molecular weight is 298 g/mol. The van der Waals surface area contributed by atoms with Gasteiger partial charge >= 0.3 is 0 Å². The van der Waals surface area contributed by atoms with E-state index < -0.39 is 0 Å². The normalized spacial score (nSPS) is 10.3. The molecule has 2 rings (SSSR count). The molecule has 116 valence electrons. The molecule has 0 radical (unpaired) electrons. The van der Waals surface area contributed by atoms with Crippen molar-refractivity contribution in [2.24, 2.45) is 0 Å². The number of carbonyl (C=O) groups is 1. The number of unbranched alkanes of at least 4 members (excludes halogenated alkanes) is 1. The third kappa shape index (κ3) is 3.79. The molecule has 1 amide bonds. The van der Waals surface area contributed by atoms with E-state index in [9.17, 15) is 4.79 Å². The van der Waals surface area contributed by atoms with Gasteiger partial charge in [-0.3, -0.25) is 4.79 Å². The monoisotopic (exact) mass is 298 g/mol. The number of nitrogens with one attached hydrogen (secondary N) is 1. The maximum absolute atomic E-state index is 12.5. The van der Waals surface area contributed by atoms with Crippen LogP contribution in [-0.2, 0) is 0 Å². The number of ether oxygens (including phenoxy) is 1. The number of nitrogen functional groups attached to an aromatic ring is 1. The highest BCUT2D eigenvalue weighted by atomic mass is 16.5. The molecule has 0 aliphatic carbocycles. The lowest BCUT2D eigenvalue weighted by molar-refractivity contribution is 0.102. The van der Waals surface area contributed by atoms with Crippen molar-refractivity contribution in [1.29, 1.82) is 0 Å². The smallest absolute Gasteiger partial charge is 0.259 e. The highest BCUT2D eigenvalue weighted by molar-refractivity contribution is 6.06. The minimum atomic E-state index is -0.194. The number of nitrogens with two attached hydrogens (primary N) is 1. The van der Waals surface area contributed by atoms with Crippen molar-refractivity contribution < 1.29 is 9.53 Å². The summed E-state index contributed by atoms with van der Waals surface area (Å²) in [4.78, 5) is 12.5. The molecule has 0 aromatic heterocycles. The van der Waals surface area contributed by atoms with Crippen LogP contribution in [0, 0.1) is 6.92 Å². The molecule has 0 saturated carbocycles. The van der Waals surface area contributed by atoms with Gasteiger partial charge in [0.05, 0.1) is 12.2 Å². The third-order valence-electron chi connectivity index (χ3n) is 3.51. The van der Waals surface area contributed by atoms with E-state index in [1.165, 1.54) is 0 Å². The summed E-state index contributed by atoms with van der Waals surface area (Å²) >= 11 is 0. The summed E-state index contributed by atoms with van der Waals surface area (Å²) in [6.07, 6.45) is 2.02. The van der Waals surface area contributed by atoms with Crippen molar-refractivity contribution in [3.8, 4) is 5.75 Å². The molecule has 0 saturated heterocycles. The van der Waals surface area contributed by atoms with Gasteiger partial charge in [0.15, 0.2) is 0 Å². The Kier molecular flexibility index (Phi) is 5.42. The Hall–Kier alpha value is -2.49. The largest absolute Gasteiger partial charge is 0.493 e. The second-order valence-electron chi connectivity index (χ2n) is 5.17. The summed E-state index contributed by atoms with van der Waals surface area (Å²) in [5, 5.41) is 2.90. The van der Waals surface area contributed by atoms with E-state index in [2.05, 4.69) is 12.2 Å². The van der Waals surface area contributed by atoms with Crippen LogP contribution in [0.1, 0.15) is 35.7 Å². The Labute approximate surface area is 131 Å². The van der Waals surface area contributed by atoms with Crippen molar-refractivity contribution in [3.63, 3.8) is 0 Å². The number of amides is 1. The molecule has 0 spiro atoms. The number of hydrogen-bond donors (Lipinski definition) is 2. The summed E-state index contributed by atoms with van der Waals surface area (Å²) in [5.41, 5.74) is 8.63. The quantitative estimate of drug-likeness (QED) is 0.625. The molecular weight excluding hydrogens is 276 g/mol. The fourth-order valence-electron chi connectivity index (χ4n) is 2.09. The van der Waals surface area contributed by atoms with Gasteiger partial charge in [0, 0.05) is 11.4 Å². The van der Waals surface area contributed by atoms with Gasteiger partial charge in [0.2, 0.25) is 0 Å². The van der Waals surface area contributed by atoms with Gasteiger partial charge in [-0.2, -0.15) is 0 Å². The van der Waals surface area contributed by atoms with Gasteiger partial charge in [-0.05, 0) is 43.2 Å². The molecule has 3 N–H and O–H groups in total. The second kappa shape index (κ2) is 7.50. The molecule has 0 heterocycles. The zero-order valence-electron chi connectivity index (χ0n) is 13.1. The fourth-order valence-corrected chi connectivity index (χ4v) is 2.09. The molecule has 0 bridgehead atoms. The van der Waals surface area contributed by atoms with Gasteiger partial charge in [0.25, 0.3) is 5.91 Å². The number of anilines is 2. The Morgan fingerprint density at radius 1 is 1.18 bits per heavy atom. The predicted octanol–water partition coefficient (Wildman–Crippen LogP) is 4.01. The Bertz CT molecular complexity index is 653. The highest BCUT2D eigenvalue weighted by Crippen LogP contribution is 2.24. The van der Waals surface area contributed by atoms with E-state index in [0.717, 1.165) is 18.4 Å². The molecule has 4 heteroatoms. The molecule has 0 unspecified atom stereocenters. The predicted molar refractivity (Wildman–Crippen MR) is 90.4 cm³/mol. The zero-order valence-corrected chi connectivity index (χ0v) is 13.1. The van der Waals surface area contributed by atoms with E-state index in [-0.39, 0.29) is 5.91 Å². The van der Waals surface area contributed by atoms with Crippen LogP contribution >= 0.6 is 0 Å². The first-order valence-electron chi connectivity index (χ1n) is 7.51. The van der Waals surface area contributed by atoms with Crippen LogP contribution < -0.4 is 15.8 Å². The van der Waals surface area contributed by atoms with E-state index in [0.29, 0.717) is 29.3 Å². The van der Waals surface area contributed by atoms with Crippen molar-refractivity contribution in [1.82, 2.24) is 0 Å². The first kappa shape index (κ1) is 15.9. The van der Waals surface area contributed by atoms with Gasteiger partial charge in [-0.1, -0.05) is 31.5 Å². The van der Waals surface area contributed by atoms with Crippen LogP contribution in [0.15, 0.2) is 42.5 Å². The second-order valence-corrected chi connectivity index (χ2v) is 5.17. The number of rotatable bonds is 6. The maximum Gasteiger partial charge on any atom is 0.259 e. The third-order valence-corrected chi connectivity index (χ3v) is 3.51. The van der Waals surface area contributed by atoms with Crippen LogP contribution in [0.2, 0.25) is 0 Å². The first-order chi connectivity index (χ1) is 10.6. The van der Waals surface area contributed by atoms with Crippen molar-refractivity contribution in [3.05, 3.63) is 53.6 Å². The van der Waals surface area contributed by atoms with Crippen LogP contribution in [0.5, 0.6) is 5.75 Å². The lowest BCUT2D eigenvalue weighted by atomic mass is 10.1. The molecule has 0 aliphatic rings. The van der Waals surface area contributed by atoms with Gasteiger partial charge in [-0.25, -0.2) is 0 Å². The summed E-state index contributed by atoms with van der Waals surface area (Å²) in [6, 6.07) is 12.7. The van der Waals surface area contributed by atoms with E-state index in [1.54, 1.807) is 6.07 Å². The van der Waals surface area contributed by atoms with E-state index in [4.69, 9.17) is 10.5 Å². The lowest BCUT2D eigenvalue weighted by Gasteiger charge is -2.13. The highest BCUT2D eigenvalue weighted by Gasteiger charge is 2.13. The van der Waals surface area contributed by atoms with E-state index in [1.807, 2.05) is 43.3 Å². The standard InChI is InChI=1S/C18H22N2O2/c1-3-4-12-22-17-11-6-5-8-14(17)18(21)20-16-10-7-9-15(19)13(16)2/h5-11H,3-4,12,19H2,1-2H3,(H,20,21). The van der Waals surface area contributed by atoms with Crippen LogP contribution in [-0.4, -0.2) is 12.5 Å². The van der Waals surface area contributed by atoms with Gasteiger partial charge in [-0.15, -0.1) is 0 Å². The summed E-state index contributed by atoms with van der Waals surface area (Å²) < 4.78 is 5.70. The van der Waals surface area contributed by atoms with Gasteiger partial charge in [0.1, 0.15) is 5.75 Å².